The molecule has 31 heavy (non-hydrogen) atoms. The average Bonchev–Trinajstić information content (AvgIpc) is 2.74. The van der Waals surface area contributed by atoms with E-state index in [0.29, 0.717) is 43.6 Å². The summed E-state index contributed by atoms with van der Waals surface area (Å²) in [4.78, 5) is 28.7. The lowest BCUT2D eigenvalue weighted by molar-refractivity contribution is -0.385. The number of hydrogen-bond acceptors (Lipinski definition) is 6. The molecule has 8 nitrogen and oxygen atoms in total. The number of anilines is 2. The molecule has 1 aromatic carbocycles. The van der Waals surface area contributed by atoms with E-state index in [2.05, 4.69) is 16.9 Å². The van der Waals surface area contributed by atoms with Gasteiger partial charge in [-0.3, -0.25) is 14.9 Å². The first-order valence-electron chi connectivity index (χ1n) is 9.61. The molecule has 2 aromatic rings. The summed E-state index contributed by atoms with van der Waals surface area (Å²) in [6, 6.07) is 5.86. The van der Waals surface area contributed by atoms with E-state index in [1.54, 1.807) is 12.1 Å². The number of allylic oxidation sites excluding steroid dienone is 1. The van der Waals surface area contributed by atoms with Crippen LogP contribution in [0.1, 0.15) is 29.6 Å². The highest BCUT2D eigenvalue weighted by atomic mass is 19.1. The van der Waals surface area contributed by atoms with Gasteiger partial charge in [-0.1, -0.05) is 6.08 Å². The predicted octanol–water partition coefficient (Wildman–Crippen LogP) is 4.27. The summed E-state index contributed by atoms with van der Waals surface area (Å²) >= 11 is 0. The molecular weight excluding hydrogens is 410 g/mol. The Hall–Kier alpha value is -3.56. The number of alkyl halides is 1. The summed E-state index contributed by atoms with van der Waals surface area (Å²) in [7, 11) is 1.48. The zero-order valence-corrected chi connectivity index (χ0v) is 16.9. The second kappa shape index (κ2) is 9.07. The number of nitrogens with zero attached hydrogens (tertiary/aromatic N) is 3. The van der Waals surface area contributed by atoms with Gasteiger partial charge in [0.25, 0.3) is 11.6 Å². The lowest BCUT2D eigenvalue weighted by Gasteiger charge is -2.37. The van der Waals surface area contributed by atoms with Crippen molar-refractivity contribution in [3.8, 4) is 5.75 Å². The van der Waals surface area contributed by atoms with Crippen LogP contribution in [-0.2, 0) is 0 Å². The molecule has 1 aliphatic rings. The van der Waals surface area contributed by atoms with Crippen LogP contribution in [0, 0.1) is 15.9 Å². The molecular formula is C21H22F2N4O4. The normalized spacial score (nSPS) is 15.3. The van der Waals surface area contributed by atoms with Gasteiger partial charge in [0.05, 0.1) is 23.7 Å². The highest BCUT2D eigenvalue weighted by Gasteiger charge is 2.34. The third-order valence-electron chi connectivity index (χ3n) is 5.18. The molecule has 0 saturated carbocycles. The van der Waals surface area contributed by atoms with Crippen LogP contribution in [0.3, 0.4) is 0 Å². The molecule has 0 atom stereocenters. The predicted molar refractivity (Wildman–Crippen MR) is 112 cm³/mol. The van der Waals surface area contributed by atoms with Crippen LogP contribution in [-0.4, -0.2) is 41.7 Å². The van der Waals surface area contributed by atoms with Crippen LogP contribution >= 0.6 is 0 Å². The van der Waals surface area contributed by atoms with E-state index in [0.717, 1.165) is 12.1 Å². The third-order valence-corrected chi connectivity index (χ3v) is 5.18. The van der Waals surface area contributed by atoms with E-state index in [1.165, 1.54) is 13.2 Å². The van der Waals surface area contributed by atoms with Crippen molar-refractivity contribution in [2.75, 3.05) is 30.4 Å². The number of nitro benzene ring substituents is 1. The Morgan fingerprint density at radius 1 is 1.39 bits per heavy atom. The molecule has 0 aliphatic carbocycles. The molecule has 1 aliphatic heterocycles. The first-order valence-corrected chi connectivity index (χ1v) is 9.61. The first kappa shape index (κ1) is 22.1. The van der Waals surface area contributed by atoms with Crippen molar-refractivity contribution in [1.82, 2.24) is 4.98 Å². The van der Waals surface area contributed by atoms with Gasteiger partial charge in [0.2, 0.25) is 0 Å². The van der Waals surface area contributed by atoms with E-state index in [9.17, 15) is 23.7 Å². The van der Waals surface area contributed by atoms with Crippen LogP contribution < -0.4 is 15.0 Å². The smallest absolute Gasteiger partial charge is 0.272 e. The van der Waals surface area contributed by atoms with E-state index >= 15 is 0 Å². The fourth-order valence-electron chi connectivity index (χ4n) is 3.46. The van der Waals surface area contributed by atoms with Crippen molar-refractivity contribution < 1.29 is 23.2 Å². The van der Waals surface area contributed by atoms with Crippen molar-refractivity contribution in [1.29, 1.82) is 0 Å². The molecule has 164 valence electrons. The van der Waals surface area contributed by atoms with Crippen molar-refractivity contribution in [2.24, 2.45) is 0 Å². The van der Waals surface area contributed by atoms with Crippen LogP contribution in [0.5, 0.6) is 5.75 Å². The van der Waals surface area contributed by atoms with Gasteiger partial charge in [-0.05, 0) is 37.5 Å². The molecule has 1 amide bonds. The zero-order valence-electron chi connectivity index (χ0n) is 16.9. The quantitative estimate of drug-likeness (QED) is 0.399. The second-order valence-electron chi connectivity index (χ2n) is 7.23. The minimum Gasteiger partial charge on any atom is -0.493 e. The number of nitrogens with one attached hydrogen (secondary N) is 1. The molecule has 1 saturated heterocycles. The van der Waals surface area contributed by atoms with Gasteiger partial charge in [0, 0.05) is 19.2 Å². The standard InChI is InChI=1S/C21H22F2N4O4/c1-3-8-21(23)9-11-26(12-10-21)19-17(31-2)6-7-18(24-19)25-20(28)15-5-4-14(27(29)30)13-16(15)22/h3-7,13H,1,8-12H2,2H3,(H,24,25,28). The molecule has 0 spiro atoms. The fraction of sp³-hybridized carbons (Fsp3) is 0.333. The SMILES string of the molecule is C=CCC1(F)CCN(c2nc(NC(=O)c3ccc([N+](=O)[O-])cc3F)ccc2OC)CC1. The summed E-state index contributed by atoms with van der Waals surface area (Å²) < 4.78 is 34.2. The van der Waals surface area contributed by atoms with Gasteiger partial charge < -0.3 is 15.0 Å². The minimum atomic E-state index is -1.30. The number of piperidine rings is 1. The number of benzene rings is 1. The number of halogens is 2. The Labute approximate surface area is 177 Å². The van der Waals surface area contributed by atoms with Gasteiger partial charge in [0.1, 0.15) is 17.3 Å². The van der Waals surface area contributed by atoms with E-state index < -0.39 is 28.0 Å². The van der Waals surface area contributed by atoms with Crippen LogP contribution in [0.4, 0.5) is 26.1 Å². The lowest BCUT2D eigenvalue weighted by atomic mass is 9.90. The Balaban J connectivity index is 1.79. The number of methoxy groups -OCH3 is 1. The van der Waals surface area contributed by atoms with Crippen LogP contribution in [0.15, 0.2) is 43.0 Å². The summed E-state index contributed by atoms with van der Waals surface area (Å²) in [5.41, 5.74) is -2.11. The highest BCUT2D eigenvalue weighted by Crippen LogP contribution is 2.35. The Bertz CT molecular complexity index is 1010. The van der Waals surface area contributed by atoms with E-state index in [1.807, 2.05) is 4.90 Å². The number of nitro groups is 1. The molecule has 1 aromatic heterocycles. The molecule has 2 heterocycles. The fourth-order valence-corrected chi connectivity index (χ4v) is 3.46. The molecule has 0 radical (unpaired) electrons. The van der Waals surface area contributed by atoms with Crippen molar-refractivity contribution in [3.05, 3.63) is 64.5 Å². The number of pyridine rings is 1. The Morgan fingerprint density at radius 2 is 2.10 bits per heavy atom. The highest BCUT2D eigenvalue weighted by molar-refractivity contribution is 6.04. The average molecular weight is 432 g/mol. The zero-order chi connectivity index (χ0) is 22.6. The van der Waals surface area contributed by atoms with E-state index in [4.69, 9.17) is 4.74 Å². The van der Waals surface area contributed by atoms with Crippen molar-refractivity contribution >= 4 is 23.2 Å². The molecule has 0 unspecified atom stereocenters. The van der Waals surface area contributed by atoms with E-state index in [-0.39, 0.29) is 17.8 Å². The largest absolute Gasteiger partial charge is 0.493 e. The van der Waals surface area contributed by atoms with Crippen LogP contribution in [0.25, 0.3) is 0 Å². The molecule has 1 fully saturated rings. The summed E-state index contributed by atoms with van der Waals surface area (Å²) in [6.07, 6.45) is 2.45. The lowest BCUT2D eigenvalue weighted by Crippen LogP contribution is -2.42. The first-order chi connectivity index (χ1) is 14.8. The summed E-state index contributed by atoms with van der Waals surface area (Å²) in [5, 5.41) is 13.2. The minimum absolute atomic E-state index is 0.140. The summed E-state index contributed by atoms with van der Waals surface area (Å²) in [6.45, 7) is 4.41. The number of hydrogen-bond donors (Lipinski definition) is 1. The Morgan fingerprint density at radius 3 is 2.68 bits per heavy atom. The number of carbonyl (C=O) groups excluding carboxylic acids is 1. The second-order valence-corrected chi connectivity index (χ2v) is 7.23. The number of ether oxygens (including phenoxy) is 1. The van der Waals surface area contributed by atoms with Gasteiger partial charge in [-0.2, -0.15) is 0 Å². The number of rotatable bonds is 7. The van der Waals surface area contributed by atoms with Gasteiger partial charge >= 0.3 is 0 Å². The molecule has 10 heteroatoms. The number of aromatic nitrogens is 1. The monoisotopic (exact) mass is 432 g/mol. The number of carbonyl (C=O) groups is 1. The summed E-state index contributed by atoms with van der Waals surface area (Å²) in [5.74, 6) is -0.789. The molecule has 0 bridgehead atoms. The molecule has 3 rings (SSSR count). The maximum absolute atomic E-state index is 14.7. The maximum Gasteiger partial charge on any atom is 0.272 e. The van der Waals surface area contributed by atoms with Crippen LogP contribution in [0.2, 0.25) is 0 Å². The molecule has 1 N–H and O–H groups in total. The number of amides is 1. The third kappa shape index (κ3) is 4.96. The van der Waals surface area contributed by atoms with Crippen molar-refractivity contribution in [2.45, 2.75) is 24.9 Å². The van der Waals surface area contributed by atoms with Crippen molar-refractivity contribution in [3.63, 3.8) is 0 Å². The van der Waals surface area contributed by atoms with Gasteiger partial charge in [-0.15, -0.1) is 6.58 Å². The maximum atomic E-state index is 14.7. The van der Waals surface area contributed by atoms with Gasteiger partial charge in [0.15, 0.2) is 11.6 Å². The Kier molecular flexibility index (Phi) is 6.47. The topological polar surface area (TPSA) is 97.6 Å². The number of non-ortho nitro benzene ring substituents is 1. The van der Waals surface area contributed by atoms with Gasteiger partial charge in [-0.25, -0.2) is 13.8 Å².